The molecule has 0 atom stereocenters. The molecule has 0 aromatic carbocycles. The third-order valence-corrected chi connectivity index (χ3v) is 2.58. The highest BCUT2D eigenvalue weighted by molar-refractivity contribution is 8.00. The molecule has 19 heavy (non-hydrogen) atoms. The van der Waals surface area contributed by atoms with Gasteiger partial charge in [0.2, 0.25) is 0 Å². The number of nitrogens with zero attached hydrogens (tertiary/aromatic N) is 1. The standard InChI is InChI=1S/C9H9F6N3S/c10-8(11,12)5-3-6(16)18-7(4-5)17-1-2-19-9(13,14)15/h3-4H,1-2H2,(H3,16,17,18). The summed E-state index contributed by atoms with van der Waals surface area (Å²) in [5.74, 6) is -0.919. The monoisotopic (exact) mass is 305 g/mol. The molecule has 0 unspecified atom stereocenters. The van der Waals surface area contributed by atoms with Gasteiger partial charge in [0.1, 0.15) is 11.6 Å². The summed E-state index contributed by atoms with van der Waals surface area (Å²) in [6.07, 6.45) is -4.59. The van der Waals surface area contributed by atoms with Crippen LogP contribution in [0, 0.1) is 0 Å². The fraction of sp³-hybridized carbons (Fsp3) is 0.444. The summed E-state index contributed by atoms with van der Waals surface area (Å²) in [5.41, 5.74) is -0.188. The molecule has 1 heterocycles. The van der Waals surface area contributed by atoms with Crippen LogP contribution in [0.15, 0.2) is 12.1 Å². The summed E-state index contributed by atoms with van der Waals surface area (Å²) in [4.78, 5) is 3.56. The van der Waals surface area contributed by atoms with E-state index in [-0.39, 0.29) is 35.7 Å². The second-order valence-corrected chi connectivity index (χ2v) is 4.54. The van der Waals surface area contributed by atoms with Gasteiger partial charge in [-0.05, 0) is 23.9 Å². The number of rotatable bonds is 4. The van der Waals surface area contributed by atoms with Crippen LogP contribution in [-0.2, 0) is 6.18 Å². The van der Waals surface area contributed by atoms with Crippen molar-refractivity contribution >= 4 is 23.4 Å². The van der Waals surface area contributed by atoms with Gasteiger partial charge in [-0.15, -0.1) is 0 Å². The molecule has 108 valence electrons. The molecule has 1 aromatic rings. The zero-order chi connectivity index (χ0) is 14.7. The number of pyridine rings is 1. The maximum Gasteiger partial charge on any atom is 0.441 e. The number of hydrogen-bond acceptors (Lipinski definition) is 4. The fourth-order valence-electron chi connectivity index (χ4n) is 1.15. The smallest absolute Gasteiger partial charge is 0.384 e. The number of thioether (sulfide) groups is 1. The molecule has 0 radical (unpaired) electrons. The normalized spacial score (nSPS) is 12.5. The number of nitrogens with two attached hydrogens (primary N) is 1. The Morgan fingerprint density at radius 3 is 2.32 bits per heavy atom. The Bertz CT molecular complexity index is 431. The van der Waals surface area contributed by atoms with Gasteiger partial charge in [0.25, 0.3) is 0 Å². The number of nitrogen functional groups attached to an aromatic ring is 1. The summed E-state index contributed by atoms with van der Waals surface area (Å²) in [6.45, 7) is -0.183. The first-order chi connectivity index (χ1) is 8.58. The van der Waals surface area contributed by atoms with Crippen molar-refractivity contribution < 1.29 is 26.3 Å². The SMILES string of the molecule is Nc1cc(C(F)(F)F)cc(NCCSC(F)(F)F)n1. The predicted molar refractivity (Wildman–Crippen MR) is 60.7 cm³/mol. The zero-order valence-electron chi connectivity index (χ0n) is 9.27. The number of nitrogens with one attached hydrogen (secondary N) is 1. The largest absolute Gasteiger partial charge is 0.441 e. The van der Waals surface area contributed by atoms with Gasteiger partial charge in [-0.3, -0.25) is 0 Å². The van der Waals surface area contributed by atoms with Gasteiger partial charge in [-0.1, -0.05) is 0 Å². The topological polar surface area (TPSA) is 50.9 Å². The Morgan fingerprint density at radius 2 is 1.79 bits per heavy atom. The van der Waals surface area contributed by atoms with Crippen LogP contribution in [0.3, 0.4) is 0 Å². The van der Waals surface area contributed by atoms with Gasteiger partial charge in [-0.25, -0.2) is 4.98 Å². The molecule has 0 fully saturated rings. The van der Waals surface area contributed by atoms with Crippen LogP contribution in [0.1, 0.15) is 5.56 Å². The van der Waals surface area contributed by atoms with Crippen molar-refractivity contribution in [1.29, 1.82) is 0 Å². The molecule has 10 heteroatoms. The van der Waals surface area contributed by atoms with Gasteiger partial charge >= 0.3 is 11.7 Å². The zero-order valence-corrected chi connectivity index (χ0v) is 10.1. The second kappa shape index (κ2) is 5.76. The van der Waals surface area contributed by atoms with E-state index in [0.29, 0.717) is 12.1 Å². The quantitative estimate of drug-likeness (QED) is 0.661. The molecule has 0 aliphatic rings. The minimum Gasteiger partial charge on any atom is -0.384 e. The maximum absolute atomic E-state index is 12.4. The van der Waals surface area contributed by atoms with E-state index >= 15 is 0 Å². The van der Waals surface area contributed by atoms with Crippen molar-refractivity contribution in [2.24, 2.45) is 0 Å². The molecule has 1 rings (SSSR count). The molecule has 0 spiro atoms. The van der Waals surface area contributed by atoms with E-state index in [0.717, 1.165) is 0 Å². The maximum atomic E-state index is 12.4. The van der Waals surface area contributed by atoms with E-state index in [2.05, 4.69) is 10.3 Å². The van der Waals surface area contributed by atoms with E-state index < -0.39 is 17.2 Å². The van der Waals surface area contributed by atoms with Crippen LogP contribution >= 0.6 is 11.8 Å². The number of hydrogen-bond donors (Lipinski definition) is 2. The lowest BCUT2D eigenvalue weighted by molar-refractivity contribution is -0.137. The number of halogens is 6. The van der Waals surface area contributed by atoms with E-state index in [9.17, 15) is 26.3 Å². The lowest BCUT2D eigenvalue weighted by Gasteiger charge is -2.11. The fourth-order valence-corrected chi connectivity index (χ4v) is 1.59. The summed E-state index contributed by atoms with van der Waals surface area (Å²) in [6, 6.07) is 1.34. The highest BCUT2D eigenvalue weighted by atomic mass is 32.2. The van der Waals surface area contributed by atoms with Crippen molar-refractivity contribution in [3.63, 3.8) is 0 Å². The third kappa shape index (κ3) is 5.90. The molecule has 1 aromatic heterocycles. The Balaban J connectivity index is 2.62. The molecule has 0 amide bonds. The van der Waals surface area contributed by atoms with Crippen LogP contribution in [0.4, 0.5) is 38.0 Å². The van der Waals surface area contributed by atoms with Gasteiger partial charge in [0.15, 0.2) is 0 Å². The van der Waals surface area contributed by atoms with Gasteiger partial charge in [0.05, 0.1) is 5.56 Å². The third-order valence-electron chi connectivity index (χ3n) is 1.85. The first kappa shape index (κ1) is 15.7. The highest BCUT2D eigenvalue weighted by Crippen LogP contribution is 2.32. The van der Waals surface area contributed by atoms with Crippen LogP contribution in [0.25, 0.3) is 0 Å². The van der Waals surface area contributed by atoms with E-state index in [1.54, 1.807) is 0 Å². The lowest BCUT2D eigenvalue weighted by atomic mass is 10.2. The minimum absolute atomic E-state index is 0.183. The van der Waals surface area contributed by atoms with Crippen molar-refractivity contribution in [2.75, 3.05) is 23.3 Å². The Kier molecular flexibility index (Phi) is 4.77. The van der Waals surface area contributed by atoms with E-state index in [1.165, 1.54) is 0 Å². The first-order valence-corrected chi connectivity index (χ1v) is 5.86. The molecular weight excluding hydrogens is 296 g/mol. The summed E-state index contributed by atoms with van der Waals surface area (Å²) in [7, 11) is 0. The highest BCUT2D eigenvalue weighted by Gasteiger charge is 2.31. The predicted octanol–water partition coefficient (Wildman–Crippen LogP) is 3.35. The average molecular weight is 305 g/mol. The summed E-state index contributed by atoms with van der Waals surface area (Å²) in [5, 5.41) is 2.36. The minimum atomic E-state index is -4.59. The Hall–Kier alpha value is -1.32. The van der Waals surface area contributed by atoms with Crippen molar-refractivity contribution in [3.05, 3.63) is 17.7 Å². The second-order valence-electron chi connectivity index (χ2n) is 3.38. The van der Waals surface area contributed by atoms with Crippen LogP contribution in [-0.4, -0.2) is 22.8 Å². The van der Waals surface area contributed by atoms with Gasteiger partial charge < -0.3 is 11.1 Å². The molecule has 0 aliphatic carbocycles. The molecule has 0 aliphatic heterocycles. The Morgan fingerprint density at radius 1 is 1.16 bits per heavy atom. The number of aromatic nitrogens is 1. The van der Waals surface area contributed by atoms with Crippen LogP contribution < -0.4 is 11.1 Å². The van der Waals surface area contributed by atoms with Crippen molar-refractivity contribution in [3.8, 4) is 0 Å². The van der Waals surface area contributed by atoms with Crippen LogP contribution in [0.5, 0.6) is 0 Å². The average Bonchev–Trinajstić information content (AvgIpc) is 2.21. The van der Waals surface area contributed by atoms with Gasteiger partial charge in [-0.2, -0.15) is 26.3 Å². The Labute approximate surface area is 108 Å². The van der Waals surface area contributed by atoms with Crippen molar-refractivity contribution in [1.82, 2.24) is 4.98 Å². The molecule has 3 N–H and O–H groups in total. The lowest BCUT2D eigenvalue weighted by Crippen LogP contribution is -2.13. The number of anilines is 2. The number of alkyl halides is 6. The van der Waals surface area contributed by atoms with Crippen LogP contribution in [0.2, 0.25) is 0 Å². The molecule has 0 saturated heterocycles. The molecule has 3 nitrogen and oxygen atoms in total. The van der Waals surface area contributed by atoms with Gasteiger partial charge in [0, 0.05) is 12.3 Å². The summed E-state index contributed by atoms with van der Waals surface area (Å²) >= 11 is -0.277. The first-order valence-electron chi connectivity index (χ1n) is 4.87. The summed E-state index contributed by atoms with van der Waals surface area (Å²) < 4.78 is 72.7. The van der Waals surface area contributed by atoms with E-state index in [4.69, 9.17) is 5.73 Å². The van der Waals surface area contributed by atoms with E-state index in [1.807, 2.05) is 0 Å². The molecule has 0 bridgehead atoms. The molecule has 0 saturated carbocycles. The van der Waals surface area contributed by atoms with Crippen molar-refractivity contribution in [2.45, 2.75) is 11.7 Å². The molecular formula is C9H9F6N3S.